The van der Waals surface area contributed by atoms with Gasteiger partial charge >= 0.3 is 0 Å². The Morgan fingerprint density at radius 1 is 0.944 bits per heavy atom. The highest BCUT2D eigenvalue weighted by Crippen LogP contribution is 2.50. The van der Waals surface area contributed by atoms with E-state index in [1.54, 1.807) is 7.11 Å². The Hall–Kier alpha value is -1.47. The van der Waals surface area contributed by atoms with Crippen molar-refractivity contribution in [3.63, 3.8) is 0 Å². The molecule has 1 nitrogen and oxygen atoms in total. The van der Waals surface area contributed by atoms with Crippen molar-refractivity contribution in [2.45, 2.75) is 19.3 Å². The average Bonchev–Trinajstić information content (AvgIpc) is 2.58. The fourth-order valence-electron chi connectivity index (χ4n) is 2.83. The Bertz CT molecular complexity index is 629. The van der Waals surface area contributed by atoms with Gasteiger partial charge in [0.25, 0.3) is 0 Å². The molecule has 0 saturated carbocycles. The summed E-state index contributed by atoms with van der Waals surface area (Å²) in [4.78, 5) is 0. The topological polar surface area (TPSA) is 9.23 Å². The third-order valence-corrected chi connectivity index (χ3v) is 4.08. The number of methoxy groups -OCH3 is 1. The van der Waals surface area contributed by atoms with E-state index in [9.17, 15) is 0 Å². The predicted octanol–water partition coefficient (Wildman–Crippen LogP) is 4.65. The van der Waals surface area contributed by atoms with Gasteiger partial charge in [-0.25, -0.2) is 0 Å². The average molecular weight is 259 g/mol. The lowest BCUT2D eigenvalue weighted by Gasteiger charge is -2.21. The minimum Gasteiger partial charge on any atom is -0.497 e. The van der Waals surface area contributed by atoms with Gasteiger partial charge in [0.2, 0.25) is 0 Å². The molecule has 0 atom stereocenters. The number of fused-ring (bicyclic) bond motifs is 3. The zero-order valence-electron chi connectivity index (χ0n) is 10.8. The first kappa shape index (κ1) is 11.6. The van der Waals surface area contributed by atoms with Crippen LogP contribution in [0.1, 0.15) is 25.0 Å². The van der Waals surface area contributed by atoms with E-state index in [2.05, 4.69) is 38.1 Å². The molecule has 0 bridgehead atoms. The molecule has 0 N–H and O–H groups in total. The monoisotopic (exact) mass is 258 g/mol. The lowest BCUT2D eigenvalue weighted by molar-refractivity contribution is 0.414. The molecule has 0 spiro atoms. The van der Waals surface area contributed by atoms with Gasteiger partial charge in [0.1, 0.15) is 5.75 Å². The molecule has 18 heavy (non-hydrogen) atoms. The fraction of sp³-hybridized carbons (Fsp3) is 0.250. The van der Waals surface area contributed by atoms with Crippen LogP contribution < -0.4 is 4.74 Å². The summed E-state index contributed by atoms with van der Waals surface area (Å²) in [6.45, 7) is 4.47. The summed E-state index contributed by atoms with van der Waals surface area (Å²) >= 11 is 6.13. The third kappa shape index (κ3) is 1.47. The van der Waals surface area contributed by atoms with Gasteiger partial charge in [-0.05, 0) is 46.5 Å². The smallest absolute Gasteiger partial charge is 0.119 e. The van der Waals surface area contributed by atoms with Crippen LogP contribution in [-0.4, -0.2) is 7.11 Å². The third-order valence-electron chi connectivity index (χ3n) is 3.85. The van der Waals surface area contributed by atoms with Crippen molar-refractivity contribution in [2.75, 3.05) is 7.11 Å². The Kier molecular flexibility index (Phi) is 2.43. The van der Waals surface area contributed by atoms with Crippen LogP contribution in [0.2, 0.25) is 5.02 Å². The second kappa shape index (κ2) is 3.76. The van der Waals surface area contributed by atoms with E-state index >= 15 is 0 Å². The molecular weight excluding hydrogens is 244 g/mol. The minimum absolute atomic E-state index is 0.00182. The van der Waals surface area contributed by atoms with E-state index in [0.29, 0.717) is 0 Å². The normalized spacial score (nSPS) is 15.1. The maximum atomic E-state index is 6.13. The van der Waals surface area contributed by atoms with Crippen LogP contribution in [0.25, 0.3) is 11.1 Å². The van der Waals surface area contributed by atoms with E-state index in [0.717, 1.165) is 10.8 Å². The minimum atomic E-state index is 0.00182. The summed E-state index contributed by atoms with van der Waals surface area (Å²) in [5, 5.41) is 0.793. The lowest BCUT2D eigenvalue weighted by Crippen LogP contribution is -2.14. The van der Waals surface area contributed by atoms with Crippen LogP contribution in [0.3, 0.4) is 0 Å². The van der Waals surface area contributed by atoms with Gasteiger partial charge in [0.15, 0.2) is 0 Å². The van der Waals surface area contributed by atoms with Gasteiger partial charge in [-0.2, -0.15) is 0 Å². The Balaban J connectivity index is 2.32. The van der Waals surface area contributed by atoms with Gasteiger partial charge in [0, 0.05) is 10.4 Å². The SMILES string of the molecule is COc1ccc2c(c1)-c1ccc(Cl)cc1C2(C)C. The van der Waals surface area contributed by atoms with Crippen LogP contribution in [0.5, 0.6) is 5.75 Å². The number of hydrogen-bond donors (Lipinski definition) is 0. The molecule has 0 unspecified atom stereocenters. The zero-order valence-corrected chi connectivity index (χ0v) is 11.5. The highest BCUT2D eigenvalue weighted by molar-refractivity contribution is 6.30. The van der Waals surface area contributed by atoms with E-state index < -0.39 is 0 Å². The summed E-state index contributed by atoms with van der Waals surface area (Å²) in [5.74, 6) is 0.896. The number of benzene rings is 2. The molecule has 0 heterocycles. The molecule has 0 saturated heterocycles. The summed E-state index contributed by atoms with van der Waals surface area (Å²) in [6, 6.07) is 12.4. The highest BCUT2D eigenvalue weighted by atomic mass is 35.5. The molecule has 92 valence electrons. The van der Waals surface area contributed by atoms with E-state index in [-0.39, 0.29) is 5.41 Å². The first-order chi connectivity index (χ1) is 8.54. The van der Waals surface area contributed by atoms with Gasteiger partial charge in [-0.1, -0.05) is 37.6 Å². The summed E-state index contributed by atoms with van der Waals surface area (Å²) in [7, 11) is 1.70. The molecule has 0 amide bonds. The molecule has 1 aliphatic carbocycles. The molecule has 0 fully saturated rings. The van der Waals surface area contributed by atoms with Gasteiger partial charge in [-0.15, -0.1) is 0 Å². The van der Waals surface area contributed by atoms with Gasteiger partial charge in [0.05, 0.1) is 7.11 Å². The number of halogens is 1. The highest BCUT2D eigenvalue weighted by Gasteiger charge is 2.35. The Morgan fingerprint density at radius 3 is 2.44 bits per heavy atom. The van der Waals surface area contributed by atoms with Crippen molar-refractivity contribution < 1.29 is 4.74 Å². The second-order valence-electron chi connectivity index (χ2n) is 5.23. The molecule has 0 aromatic heterocycles. The fourth-order valence-corrected chi connectivity index (χ4v) is 3.00. The standard InChI is InChI=1S/C16H15ClO/c1-16(2)14-7-5-11(18-3)9-13(14)12-6-4-10(17)8-15(12)16/h4-9H,1-3H3. The van der Waals surface area contributed by atoms with Crippen molar-refractivity contribution in [3.05, 3.63) is 52.5 Å². The zero-order chi connectivity index (χ0) is 12.9. The second-order valence-corrected chi connectivity index (χ2v) is 5.66. The number of hydrogen-bond acceptors (Lipinski definition) is 1. The molecular formula is C16H15ClO. The van der Waals surface area contributed by atoms with Gasteiger partial charge in [-0.3, -0.25) is 0 Å². The van der Waals surface area contributed by atoms with E-state index in [1.807, 2.05) is 12.1 Å². The van der Waals surface area contributed by atoms with Crippen LogP contribution in [0.4, 0.5) is 0 Å². The number of rotatable bonds is 1. The van der Waals surface area contributed by atoms with E-state index in [4.69, 9.17) is 16.3 Å². The number of ether oxygens (including phenoxy) is 1. The molecule has 2 aromatic rings. The predicted molar refractivity (Wildman–Crippen MR) is 75.6 cm³/mol. The maximum Gasteiger partial charge on any atom is 0.119 e. The molecule has 2 aromatic carbocycles. The van der Waals surface area contributed by atoms with E-state index in [1.165, 1.54) is 22.3 Å². The first-order valence-electron chi connectivity index (χ1n) is 6.03. The summed E-state index contributed by atoms with van der Waals surface area (Å²) in [6.07, 6.45) is 0. The molecule has 0 aliphatic heterocycles. The molecule has 1 aliphatic rings. The van der Waals surface area contributed by atoms with Gasteiger partial charge < -0.3 is 4.74 Å². The molecule has 2 heteroatoms. The van der Waals surface area contributed by atoms with Crippen molar-refractivity contribution >= 4 is 11.6 Å². The van der Waals surface area contributed by atoms with Crippen LogP contribution in [0.15, 0.2) is 36.4 Å². The first-order valence-corrected chi connectivity index (χ1v) is 6.41. The quantitative estimate of drug-likeness (QED) is 0.723. The molecule has 3 rings (SSSR count). The lowest BCUT2D eigenvalue weighted by atomic mass is 9.82. The van der Waals surface area contributed by atoms with Crippen LogP contribution in [0, 0.1) is 0 Å². The van der Waals surface area contributed by atoms with Crippen molar-refractivity contribution in [2.24, 2.45) is 0 Å². The largest absolute Gasteiger partial charge is 0.497 e. The summed E-state index contributed by atoms with van der Waals surface area (Å²) in [5.41, 5.74) is 5.14. The van der Waals surface area contributed by atoms with Crippen molar-refractivity contribution in [1.82, 2.24) is 0 Å². The maximum absolute atomic E-state index is 6.13. The summed E-state index contributed by atoms with van der Waals surface area (Å²) < 4.78 is 5.32. The van der Waals surface area contributed by atoms with Crippen LogP contribution in [-0.2, 0) is 5.41 Å². The van der Waals surface area contributed by atoms with Crippen molar-refractivity contribution in [3.8, 4) is 16.9 Å². The van der Waals surface area contributed by atoms with Crippen LogP contribution >= 0.6 is 11.6 Å². The Labute approximate surface area is 112 Å². The van der Waals surface area contributed by atoms with Crippen molar-refractivity contribution in [1.29, 1.82) is 0 Å². The molecule has 0 radical (unpaired) electrons. The Morgan fingerprint density at radius 2 is 1.72 bits per heavy atom.